The summed E-state index contributed by atoms with van der Waals surface area (Å²) in [4.78, 5) is 12.0. The lowest BCUT2D eigenvalue weighted by Crippen LogP contribution is -2.30. The van der Waals surface area contributed by atoms with E-state index in [9.17, 15) is 4.79 Å². The summed E-state index contributed by atoms with van der Waals surface area (Å²) >= 11 is 0. The van der Waals surface area contributed by atoms with Gasteiger partial charge in [0.2, 0.25) is 0 Å². The highest BCUT2D eigenvalue weighted by atomic mass is 16.5. The predicted octanol–water partition coefficient (Wildman–Crippen LogP) is 3.73. The van der Waals surface area contributed by atoms with Crippen LogP contribution in [-0.4, -0.2) is 18.5 Å². The Bertz CT molecular complexity index is 243. The molecule has 0 aromatic heterocycles. The largest absolute Gasteiger partial charge is 0.370 e. The smallest absolute Gasteiger partial charge is 0.161 e. The van der Waals surface area contributed by atoms with Crippen molar-refractivity contribution in [1.29, 1.82) is 0 Å². The molecule has 2 aliphatic rings. The molecule has 2 unspecified atom stereocenters. The number of ketones is 1. The van der Waals surface area contributed by atoms with Crippen molar-refractivity contribution >= 4 is 5.78 Å². The number of Topliss-reactive ketones (excluding diaryl/α,β-unsaturated/α-hetero) is 1. The molecule has 2 atom stereocenters. The van der Waals surface area contributed by atoms with E-state index in [0.717, 1.165) is 19.3 Å². The lowest BCUT2D eigenvalue weighted by Gasteiger charge is -2.30. The summed E-state index contributed by atoms with van der Waals surface area (Å²) in [6.45, 7) is 2.62. The fraction of sp³-hybridized carbons (Fsp3) is 0.933. The minimum Gasteiger partial charge on any atom is -0.370 e. The molecule has 2 rings (SSSR count). The van der Waals surface area contributed by atoms with E-state index in [1.807, 2.05) is 0 Å². The Morgan fingerprint density at radius 1 is 1.06 bits per heavy atom. The SMILES string of the molecule is CCC1CCCCC1OCC(=O)C1CCCC1. The molecule has 0 spiro atoms. The maximum atomic E-state index is 12.0. The Morgan fingerprint density at radius 3 is 2.41 bits per heavy atom. The van der Waals surface area contributed by atoms with Crippen LogP contribution in [0.2, 0.25) is 0 Å². The third-order valence-corrected chi connectivity index (χ3v) is 4.61. The zero-order valence-corrected chi connectivity index (χ0v) is 11.1. The Labute approximate surface area is 105 Å². The van der Waals surface area contributed by atoms with Gasteiger partial charge in [-0.3, -0.25) is 4.79 Å². The molecule has 0 N–H and O–H groups in total. The quantitative estimate of drug-likeness (QED) is 0.729. The zero-order valence-electron chi connectivity index (χ0n) is 11.1. The Kier molecular flexibility index (Phi) is 5.02. The predicted molar refractivity (Wildman–Crippen MR) is 69.0 cm³/mol. The maximum Gasteiger partial charge on any atom is 0.161 e. The lowest BCUT2D eigenvalue weighted by atomic mass is 9.85. The molecule has 2 saturated carbocycles. The first-order chi connectivity index (χ1) is 8.31. The molecule has 17 heavy (non-hydrogen) atoms. The summed E-state index contributed by atoms with van der Waals surface area (Å²) < 4.78 is 5.91. The van der Waals surface area contributed by atoms with Gasteiger partial charge in [-0.05, 0) is 31.6 Å². The monoisotopic (exact) mass is 238 g/mol. The minimum absolute atomic E-state index is 0.318. The van der Waals surface area contributed by atoms with Crippen molar-refractivity contribution in [3.05, 3.63) is 0 Å². The van der Waals surface area contributed by atoms with Crippen molar-refractivity contribution in [1.82, 2.24) is 0 Å². The molecular formula is C15H26O2. The number of carbonyl (C=O) groups is 1. The fourth-order valence-corrected chi connectivity index (χ4v) is 3.41. The van der Waals surface area contributed by atoms with Gasteiger partial charge in [0.05, 0.1) is 6.10 Å². The van der Waals surface area contributed by atoms with Crippen LogP contribution in [0.4, 0.5) is 0 Å². The second-order valence-corrected chi connectivity index (χ2v) is 5.75. The second-order valence-electron chi connectivity index (χ2n) is 5.75. The van der Waals surface area contributed by atoms with Gasteiger partial charge in [0.1, 0.15) is 6.61 Å². The second kappa shape index (κ2) is 6.53. The van der Waals surface area contributed by atoms with Gasteiger partial charge in [-0.25, -0.2) is 0 Å². The number of ether oxygens (including phenoxy) is 1. The van der Waals surface area contributed by atoms with Gasteiger partial charge in [0, 0.05) is 5.92 Å². The summed E-state index contributed by atoms with van der Waals surface area (Å²) in [6.07, 6.45) is 11.3. The van der Waals surface area contributed by atoms with Crippen LogP contribution in [0.15, 0.2) is 0 Å². The molecule has 0 radical (unpaired) electrons. The number of hydrogen-bond acceptors (Lipinski definition) is 2. The third kappa shape index (κ3) is 3.54. The van der Waals surface area contributed by atoms with Gasteiger partial charge >= 0.3 is 0 Å². The summed E-state index contributed by atoms with van der Waals surface area (Å²) in [5.74, 6) is 1.38. The normalized spacial score (nSPS) is 30.6. The molecule has 2 aliphatic carbocycles. The van der Waals surface area contributed by atoms with Gasteiger partial charge in [-0.15, -0.1) is 0 Å². The summed E-state index contributed by atoms with van der Waals surface area (Å²) in [5.41, 5.74) is 0. The van der Waals surface area contributed by atoms with E-state index in [1.165, 1.54) is 38.5 Å². The molecule has 0 amide bonds. The molecule has 2 nitrogen and oxygen atoms in total. The van der Waals surface area contributed by atoms with Gasteiger partial charge in [-0.1, -0.05) is 39.0 Å². The van der Waals surface area contributed by atoms with Crippen LogP contribution >= 0.6 is 0 Å². The van der Waals surface area contributed by atoms with Crippen molar-refractivity contribution in [2.24, 2.45) is 11.8 Å². The number of carbonyl (C=O) groups excluding carboxylic acids is 1. The van der Waals surface area contributed by atoms with E-state index < -0.39 is 0 Å². The highest BCUT2D eigenvalue weighted by Crippen LogP contribution is 2.30. The van der Waals surface area contributed by atoms with Crippen molar-refractivity contribution in [3.63, 3.8) is 0 Å². The molecule has 0 saturated heterocycles. The third-order valence-electron chi connectivity index (χ3n) is 4.61. The Balaban J connectivity index is 1.74. The first-order valence-electron chi connectivity index (χ1n) is 7.45. The zero-order chi connectivity index (χ0) is 12.1. The Morgan fingerprint density at radius 2 is 1.71 bits per heavy atom. The molecule has 0 aromatic carbocycles. The maximum absolute atomic E-state index is 12.0. The average molecular weight is 238 g/mol. The first kappa shape index (κ1) is 13.1. The molecule has 0 heterocycles. The lowest BCUT2D eigenvalue weighted by molar-refractivity contribution is -0.131. The average Bonchev–Trinajstić information content (AvgIpc) is 2.90. The molecule has 0 bridgehead atoms. The minimum atomic E-state index is 0.318. The van der Waals surface area contributed by atoms with E-state index in [2.05, 4.69) is 6.92 Å². The van der Waals surface area contributed by atoms with Crippen molar-refractivity contribution in [2.45, 2.75) is 70.8 Å². The number of rotatable bonds is 5. The molecule has 0 aliphatic heterocycles. The highest BCUT2D eigenvalue weighted by Gasteiger charge is 2.27. The van der Waals surface area contributed by atoms with E-state index in [4.69, 9.17) is 4.74 Å². The van der Waals surface area contributed by atoms with Gasteiger partial charge in [0.15, 0.2) is 5.78 Å². The van der Waals surface area contributed by atoms with Crippen LogP contribution < -0.4 is 0 Å². The van der Waals surface area contributed by atoms with Crippen LogP contribution in [-0.2, 0) is 9.53 Å². The van der Waals surface area contributed by atoms with Crippen molar-refractivity contribution < 1.29 is 9.53 Å². The topological polar surface area (TPSA) is 26.3 Å². The fourth-order valence-electron chi connectivity index (χ4n) is 3.41. The molecule has 2 fully saturated rings. The first-order valence-corrected chi connectivity index (χ1v) is 7.45. The van der Waals surface area contributed by atoms with E-state index in [1.54, 1.807) is 0 Å². The van der Waals surface area contributed by atoms with Crippen LogP contribution in [0.25, 0.3) is 0 Å². The molecule has 2 heteroatoms. The van der Waals surface area contributed by atoms with Crippen LogP contribution in [0.3, 0.4) is 0 Å². The Hall–Kier alpha value is -0.370. The van der Waals surface area contributed by atoms with E-state index >= 15 is 0 Å². The van der Waals surface area contributed by atoms with Crippen molar-refractivity contribution in [2.75, 3.05) is 6.61 Å². The van der Waals surface area contributed by atoms with Gasteiger partial charge in [0.25, 0.3) is 0 Å². The van der Waals surface area contributed by atoms with E-state index in [-0.39, 0.29) is 0 Å². The van der Waals surface area contributed by atoms with Crippen LogP contribution in [0.1, 0.15) is 64.7 Å². The van der Waals surface area contributed by atoms with Gasteiger partial charge < -0.3 is 4.74 Å². The highest BCUT2D eigenvalue weighted by molar-refractivity contribution is 5.82. The summed E-state index contributed by atoms with van der Waals surface area (Å²) in [7, 11) is 0. The standard InChI is InChI=1S/C15H26O2/c1-2-12-7-5-6-10-15(12)17-11-14(16)13-8-3-4-9-13/h12-13,15H,2-11H2,1H3. The summed E-state index contributed by atoms with van der Waals surface area (Å²) in [6, 6.07) is 0. The molecule has 0 aromatic rings. The van der Waals surface area contributed by atoms with E-state index in [0.29, 0.717) is 30.3 Å². The molecule has 98 valence electrons. The van der Waals surface area contributed by atoms with Crippen LogP contribution in [0, 0.1) is 11.8 Å². The molecular weight excluding hydrogens is 212 g/mol. The van der Waals surface area contributed by atoms with Crippen LogP contribution in [0.5, 0.6) is 0 Å². The van der Waals surface area contributed by atoms with Crippen molar-refractivity contribution in [3.8, 4) is 0 Å². The number of hydrogen-bond donors (Lipinski definition) is 0. The van der Waals surface area contributed by atoms with Gasteiger partial charge in [-0.2, -0.15) is 0 Å². The summed E-state index contributed by atoms with van der Waals surface area (Å²) in [5, 5.41) is 0.